The van der Waals surface area contributed by atoms with Gasteiger partial charge in [-0.15, -0.1) is 0 Å². The van der Waals surface area contributed by atoms with Gasteiger partial charge in [0.25, 0.3) is 0 Å². The third-order valence-electron chi connectivity index (χ3n) is 5.95. The maximum atomic E-state index is 11.9. The Morgan fingerprint density at radius 1 is 1.26 bits per heavy atom. The van der Waals surface area contributed by atoms with Crippen LogP contribution in [0, 0.1) is 0 Å². The van der Waals surface area contributed by atoms with Crippen LogP contribution in [0.4, 0.5) is 5.82 Å². The van der Waals surface area contributed by atoms with E-state index in [4.69, 9.17) is 18.8 Å². The van der Waals surface area contributed by atoms with E-state index in [9.17, 15) is 14.6 Å². The van der Waals surface area contributed by atoms with Crippen LogP contribution in [0.25, 0.3) is 11.2 Å². The number of phosphoric ester groups is 1. The standard InChI is InChI=1S/C22H28N5O6PS/c1-2-3-7-10-23-19-16-20(25-13-24-19)27(22(26-16)35-12-14-8-5-4-6-9-14)21-17(28)18-15(32-21)11-31-34(29,30)33-18/h4-6,8-9,13,15,17-18,21,28H,2-3,7,10-12H2,1H3,(H,29,30)(H,23,24,25)/t15-,17-,18-,21-/m1/s1. The number of phosphoric acid groups is 1. The highest BCUT2D eigenvalue weighted by Gasteiger charge is 2.53. The van der Waals surface area contributed by atoms with E-state index in [1.807, 2.05) is 30.3 Å². The van der Waals surface area contributed by atoms with Gasteiger partial charge in [-0.05, 0) is 12.0 Å². The minimum atomic E-state index is -4.24. The van der Waals surface area contributed by atoms with Crippen LogP contribution < -0.4 is 5.32 Å². The Labute approximate surface area is 206 Å². The van der Waals surface area contributed by atoms with Crippen molar-refractivity contribution in [2.45, 2.75) is 61.6 Å². The van der Waals surface area contributed by atoms with Gasteiger partial charge in [0, 0.05) is 12.3 Å². The number of thioether (sulfide) groups is 1. The first-order valence-electron chi connectivity index (χ1n) is 11.6. The number of nitrogens with zero attached hydrogens (tertiary/aromatic N) is 4. The molecule has 3 N–H and O–H groups in total. The van der Waals surface area contributed by atoms with Gasteiger partial charge in [0.05, 0.1) is 6.61 Å². The van der Waals surface area contributed by atoms with E-state index in [2.05, 4.69) is 22.2 Å². The van der Waals surface area contributed by atoms with Crippen molar-refractivity contribution in [3.63, 3.8) is 0 Å². The molecule has 0 aliphatic carbocycles. The summed E-state index contributed by atoms with van der Waals surface area (Å²) in [4.78, 5) is 23.4. The monoisotopic (exact) mass is 521 g/mol. The Morgan fingerprint density at radius 2 is 2.09 bits per heavy atom. The Hall–Kier alpha value is -2.05. The number of aliphatic hydroxyl groups excluding tert-OH is 1. The quantitative estimate of drug-likeness (QED) is 0.216. The van der Waals surface area contributed by atoms with E-state index < -0.39 is 32.4 Å². The first-order valence-corrected chi connectivity index (χ1v) is 14.1. The highest BCUT2D eigenvalue weighted by atomic mass is 32.2. The van der Waals surface area contributed by atoms with Gasteiger partial charge in [-0.1, -0.05) is 61.9 Å². The maximum Gasteiger partial charge on any atom is 0.472 e. The number of ether oxygens (including phenoxy) is 1. The molecule has 35 heavy (non-hydrogen) atoms. The van der Waals surface area contributed by atoms with Crippen LogP contribution in [0.2, 0.25) is 0 Å². The van der Waals surface area contributed by atoms with Crippen molar-refractivity contribution >= 4 is 36.6 Å². The molecule has 2 saturated heterocycles. The molecule has 0 bridgehead atoms. The van der Waals surface area contributed by atoms with E-state index in [0.29, 0.717) is 27.9 Å². The zero-order valence-corrected chi connectivity index (χ0v) is 20.9. The first kappa shape index (κ1) is 24.6. The van der Waals surface area contributed by atoms with Crippen LogP contribution >= 0.6 is 19.6 Å². The Kier molecular flexibility index (Phi) is 7.40. The van der Waals surface area contributed by atoms with Crippen LogP contribution in [-0.2, 0) is 24.1 Å². The molecule has 3 aromatic rings. The summed E-state index contributed by atoms with van der Waals surface area (Å²) in [5.74, 6) is 1.24. The fourth-order valence-corrected chi connectivity index (χ4v) is 6.14. The number of rotatable bonds is 9. The predicted molar refractivity (Wildman–Crippen MR) is 130 cm³/mol. The van der Waals surface area contributed by atoms with E-state index in [0.717, 1.165) is 31.4 Å². The summed E-state index contributed by atoms with van der Waals surface area (Å²) in [5.41, 5.74) is 2.17. The van der Waals surface area contributed by atoms with Crippen LogP contribution in [0.3, 0.4) is 0 Å². The van der Waals surface area contributed by atoms with Crippen molar-refractivity contribution in [3.05, 3.63) is 42.2 Å². The SMILES string of the molecule is CCCCCNc1ncnc2c1nc(SCc1ccccc1)n2[C@@H]1O[C@@H]2COP(=O)(O)O[C@H]2[C@H]1O. The van der Waals surface area contributed by atoms with Gasteiger partial charge < -0.3 is 20.1 Å². The van der Waals surface area contributed by atoms with Crippen LogP contribution in [0.5, 0.6) is 0 Å². The number of fused-ring (bicyclic) bond motifs is 2. The number of aliphatic hydroxyl groups is 1. The smallest absolute Gasteiger partial charge is 0.386 e. The number of aromatic nitrogens is 4. The van der Waals surface area contributed by atoms with Crippen molar-refractivity contribution < 1.29 is 28.3 Å². The topological polar surface area (TPSA) is 141 Å². The molecule has 2 aliphatic heterocycles. The molecular formula is C22H28N5O6PS. The van der Waals surface area contributed by atoms with Crippen LogP contribution in [-0.4, -0.2) is 61.0 Å². The first-order chi connectivity index (χ1) is 17.0. The highest BCUT2D eigenvalue weighted by Crippen LogP contribution is 2.53. The van der Waals surface area contributed by atoms with Gasteiger partial charge in [-0.25, -0.2) is 19.5 Å². The predicted octanol–water partition coefficient (Wildman–Crippen LogP) is 3.49. The lowest BCUT2D eigenvalue weighted by atomic mass is 10.1. The van der Waals surface area contributed by atoms with E-state index in [1.54, 1.807) is 4.57 Å². The lowest BCUT2D eigenvalue weighted by molar-refractivity contribution is -0.0684. The van der Waals surface area contributed by atoms with Gasteiger partial charge in [-0.2, -0.15) is 0 Å². The van der Waals surface area contributed by atoms with E-state index >= 15 is 0 Å². The molecule has 0 radical (unpaired) electrons. The van der Waals surface area contributed by atoms with Crippen LogP contribution in [0.15, 0.2) is 41.8 Å². The van der Waals surface area contributed by atoms with Crippen molar-refractivity contribution in [2.24, 2.45) is 0 Å². The lowest BCUT2D eigenvalue weighted by Crippen LogP contribution is -2.39. The number of hydrogen-bond acceptors (Lipinski definition) is 10. The molecule has 2 aliphatic rings. The molecule has 5 rings (SSSR count). The highest BCUT2D eigenvalue weighted by molar-refractivity contribution is 7.98. The average Bonchev–Trinajstić information content (AvgIpc) is 3.38. The Bertz CT molecular complexity index is 1210. The molecule has 0 spiro atoms. The van der Waals surface area contributed by atoms with Gasteiger partial charge in [0.1, 0.15) is 24.6 Å². The zero-order chi connectivity index (χ0) is 24.4. The Balaban J connectivity index is 1.49. The second-order valence-electron chi connectivity index (χ2n) is 8.46. The van der Waals surface area contributed by atoms with Gasteiger partial charge in [-0.3, -0.25) is 13.6 Å². The Morgan fingerprint density at radius 3 is 2.89 bits per heavy atom. The largest absolute Gasteiger partial charge is 0.472 e. The fraction of sp³-hybridized carbons (Fsp3) is 0.500. The van der Waals surface area contributed by atoms with Crippen molar-refractivity contribution in [2.75, 3.05) is 18.5 Å². The molecule has 11 nitrogen and oxygen atoms in total. The number of nitrogens with one attached hydrogen (secondary N) is 1. The van der Waals surface area contributed by atoms with Crippen molar-refractivity contribution in [1.29, 1.82) is 0 Å². The normalized spacial score (nSPS) is 28.3. The van der Waals surface area contributed by atoms with Crippen molar-refractivity contribution in [1.82, 2.24) is 19.5 Å². The molecular weight excluding hydrogens is 493 g/mol. The number of imidazole rings is 1. The third-order valence-corrected chi connectivity index (χ3v) is 7.96. The number of benzene rings is 1. The van der Waals surface area contributed by atoms with E-state index in [1.165, 1.54) is 18.1 Å². The molecule has 1 unspecified atom stereocenters. The minimum Gasteiger partial charge on any atom is -0.386 e. The van der Waals surface area contributed by atoms with Gasteiger partial charge >= 0.3 is 7.82 Å². The molecule has 1 aromatic carbocycles. The summed E-state index contributed by atoms with van der Waals surface area (Å²) in [6.07, 6.45) is 0.794. The number of anilines is 1. The average molecular weight is 522 g/mol. The summed E-state index contributed by atoms with van der Waals surface area (Å²) >= 11 is 1.48. The summed E-state index contributed by atoms with van der Waals surface area (Å²) < 4.78 is 29.8. The fourth-order valence-electron chi connectivity index (χ4n) is 4.20. The molecule has 4 heterocycles. The van der Waals surface area contributed by atoms with E-state index in [-0.39, 0.29) is 6.61 Å². The van der Waals surface area contributed by atoms with Crippen LogP contribution in [0.1, 0.15) is 38.0 Å². The number of hydrogen-bond donors (Lipinski definition) is 3. The molecule has 0 amide bonds. The maximum absolute atomic E-state index is 11.9. The summed E-state index contributed by atoms with van der Waals surface area (Å²) in [7, 11) is -4.24. The summed E-state index contributed by atoms with van der Waals surface area (Å²) in [6, 6.07) is 9.96. The van der Waals surface area contributed by atoms with Crippen molar-refractivity contribution in [3.8, 4) is 0 Å². The molecule has 2 aromatic heterocycles. The number of unbranched alkanes of at least 4 members (excludes halogenated alkanes) is 2. The third kappa shape index (κ3) is 5.24. The molecule has 0 saturated carbocycles. The summed E-state index contributed by atoms with van der Waals surface area (Å²) in [5, 5.41) is 15.0. The van der Waals surface area contributed by atoms with Gasteiger partial charge in [0.2, 0.25) is 0 Å². The molecule has 13 heteroatoms. The second-order valence-corrected chi connectivity index (χ2v) is 10.8. The lowest BCUT2D eigenvalue weighted by Gasteiger charge is -2.27. The molecule has 188 valence electrons. The molecule has 5 atom stereocenters. The summed E-state index contributed by atoms with van der Waals surface area (Å²) in [6.45, 7) is 2.74. The molecule has 2 fully saturated rings. The van der Waals surface area contributed by atoms with Gasteiger partial charge in [0.15, 0.2) is 28.4 Å². The zero-order valence-electron chi connectivity index (χ0n) is 19.2. The minimum absolute atomic E-state index is 0.162. The second kappa shape index (κ2) is 10.5.